The van der Waals surface area contributed by atoms with Gasteiger partial charge >= 0.3 is 12.1 Å². The van der Waals surface area contributed by atoms with Crippen LogP contribution in [0.4, 0.5) is 4.79 Å². The molecule has 1 atom stereocenters. The number of esters is 1. The smallest absolute Gasteiger partial charge is 0.410 e. The van der Waals surface area contributed by atoms with Crippen LogP contribution in [-0.4, -0.2) is 49.1 Å². The lowest BCUT2D eigenvalue weighted by Gasteiger charge is -2.28. The second kappa shape index (κ2) is 19.0. The van der Waals surface area contributed by atoms with Gasteiger partial charge in [-0.05, 0) is 18.8 Å². The molecule has 0 N–H and O–H groups in total. The van der Waals surface area contributed by atoms with Gasteiger partial charge in [0.1, 0.15) is 6.04 Å². The van der Waals surface area contributed by atoms with E-state index in [1.54, 1.807) is 7.05 Å². The number of hydrogen-bond acceptors (Lipinski definition) is 4. The number of unbranched alkanes of at least 4 members (excludes halogenated alkanes) is 10. The van der Waals surface area contributed by atoms with Crippen LogP contribution < -0.4 is 0 Å². The lowest BCUT2D eigenvalue weighted by Crippen LogP contribution is -2.47. The number of ether oxygens (including phenoxy) is 2. The zero-order chi connectivity index (χ0) is 21.9. The normalized spacial score (nSPS) is 12.1. The molecule has 0 spiro atoms. The third kappa shape index (κ3) is 14.6. The van der Waals surface area contributed by atoms with Gasteiger partial charge in [0.25, 0.3) is 0 Å². The first-order valence-electron chi connectivity index (χ1n) is 11.6. The predicted octanol–water partition coefficient (Wildman–Crippen LogP) is 6.56. The van der Waals surface area contributed by atoms with Gasteiger partial charge in [-0.25, -0.2) is 9.59 Å². The van der Waals surface area contributed by atoms with Gasteiger partial charge in [-0.3, -0.25) is 4.90 Å². The van der Waals surface area contributed by atoms with E-state index in [2.05, 4.69) is 6.92 Å². The van der Waals surface area contributed by atoms with Gasteiger partial charge in [0.05, 0.1) is 13.2 Å². The van der Waals surface area contributed by atoms with Gasteiger partial charge in [-0.1, -0.05) is 85.0 Å². The summed E-state index contributed by atoms with van der Waals surface area (Å²) in [4.78, 5) is 25.9. The van der Waals surface area contributed by atoms with Crippen LogP contribution in [0.1, 0.15) is 97.8 Å². The zero-order valence-electron chi connectivity index (χ0n) is 19.2. The quantitative estimate of drug-likeness (QED) is 0.139. The van der Waals surface area contributed by atoms with Gasteiger partial charge in [0.2, 0.25) is 0 Å². The van der Waals surface area contributed by atoms with E-state index in [1.165, 1.54) is 62.7 Å². The summed E-state index contributed by atoms with van der Waals surface area (Å²) in [6.07, 6.45) is 13.9. The maximum atomic E-state index is 12.4. The van der Waals surface area contributed by atoms with E-state index in [4.69, 9.17) is 21.1 Å². The van der Waals surface area contributed by atoms with E-state index in [0.717, 1.165) is 12.8 Å². The van der Waals surface area contributed by atoms with Crippen molar-refractivity contribution in [1.82, 2.24) is 4.90 Å². The van der Waals surface area contributed by atoms with E-state index >= 15 is 0 Å². The maximum Gasteiger partial charge on any atom is 0.410 e. The van der Waals surface area contributed by atoms with Gasteiger partial charge in [-0.15, -0.1) is 11.6 Å². The molecule has 6 heteroatoms. The highest BCUT2D eigenvalue weighted by Crippen LogP contribution is 2.14. The molecule has 0 aliphatic heterocycles. The summed E-state index contributed by atoms with van der Waals surface area (Å²) in [7, 11) is 1.58. The van der Waals surface area contributed by atoms with Crippen LogP contribution in [0.5, 0.6) is 0 Å². The number of amides is 1. The molecule has 1 amide bonds. The van der Waals surface area contributed by atoms with Crippen molar-refractivity contribution in [3.05, 3.63) is 0 Å². The lowest BCUT2D eigenvalue weighted by atomic mass is 10.0. The van der Waals surface area contributed by atoms with Crippen molar-refractivity contribution >= 4 is 23.7 Å². The van der Waals surface area contributed by atoms with Gasteiger partial charge in [-0.2, -0.15) is 0 Å². The molecule has 0 saturated carbocycles. The van der Waals surface area contributed by atoms with Crippen LogP contribution in [-0.2, 0) is 14.3 Å². The average molecular weight is 434 g/mol. The summed E-state index contributed by atoms with van der Waals surface area (Å²) in [5, 5.41) is 0. The Kier molecular flexibility index (Phi) is 18.4. The minimum absolute atomic E-state index is 0.0506. The predicted molar refractivity (Wildman–Crippen MR) is 120 cm³/mol. The van der Waals surface area contributed by atoms with Gasteiger partial charge in [0.15, 0.2) is 0 Å². The fourth-order valence-corrected chi connectivity index (χ4v) is 3.44. The molecule has 0 aliphatic rings. The second-order valence-electron chi connectivity index (χ2n) is 8.16. The molecule has 5 nitrogen and oxygen atoms in total. The Morgan fingerprint density at radius 2 is 1.28 bits per heavy atom. The molecule has 0 fully saturated rings. The Bertz CT molecular complexity index is 418. The summed E-state index contributed by atoms with van der Waals surface area (Å²) in [5.41, 5.74) is 0. The fourth-order valence-electron chi connectivity index (χ4n) is 3.33. The second-order valence-corrected chi connectivity index (χ2v) is 8.54. The highest BCUT2D eigenvalue weighted by molar-refractivity contribution is 6.17. The third-order valence-corrected chi connectivity index (χ3v) is 5.34. The van der Waals surface area contributed by atoms with Crippen LogP contribution in [0.3, 0.4) is 0 Å². The Morgan fingerprint density at radius 3 is 1.76 bits per heavy atom. The number of rotatable bonds is 18. The molecule has 0 saturated heterocycles. The van der Waals surface area contributed by atoms with E-state index in [0.29, 0.717) is 18.9 Å². The molecule has 0 heterocycles. The van der Waals surface area contributed by atoms with Crippen molar-refractivity contribution in [2.24, 2.45) is 5.92 Å². The molecule has 0 aliphatic carbocycles. The first kappa shape index (κ1) is 28.0. The number of halogens is 1. The SMILES string of the molecule is CCCCCCCCCCCCCOC(=O)C(C(C)C)N(C)C(=O)OCCCCl. The molecule has 0 rings (SSSR count). The van der Waals surface area contributed by atoms with Crippen molar-refractivity contribution in [1.29, 1.82) is 0 Å². The van der Waals surface area contributed by atoms with Crippen LogP contribution in [0.15, 0.2) is 0 Å². The van der Waals surface area contributed by atoms with Crippen molar-refractivity contribution < 1.29 is 19.1 Å². The third-order valence-electron chi connectivity index (χ3n) is 5.07. The minimum atomic E-state index is -0.633. The number of likely N-dealkylation sites (N-methyl/N-ethyl adjacent to an activating group) is 1. The van der Waals surface area contributed by atoms with Crippen molar-refractivity contribution in [2.45, 2.75) is 104 Å². The first-order chi connectivity index (χ1) is 14.0. The lowest BCUT2D eigenvalue weighted by molar-refractivity contribution is -0.150. The molecule has 172 valence electrons. The molecule has 0 radical (unpaired) electrons. The topological polar surface area (TPSA) is 55.8 Å². The monoisotopic (exact) mass is 433 g/mol. The molecular weight excluding hydrogens is 390 g/mol. The highest BCUT2D eigenvalue weighted by atomic mass is 35.5. The summed E-state index contributed by atoms with van der Waals surface area (Å²) in [5.74, 6) is 0.0280. The van der Waals surface area contributed by atoms with Crippen molar-refractivity contribution in [2.75, 3.05) is 26.1 Å². The Morgan fingerprint density at radius 1 is 0.793 bits per heavy atom. The Labute approximate surface area is 183 Å². The summed E-state index contributed by atoms with van der Waals surface area (Å²) in [6, 6.07) is -0.633. The number of nitrogens with zero attached hydrogens (tertiary/aromatic N) is 1. The first-order valence-corrected chi connectivity index (χ1v) is 12.1. The van der Waals surface area contributed by atoms with Gasteiger partial charge < -0.3 is 9.47 Å². The van der Waals surface area contributed by atoms with Gasteiger partial charge in [0, 0.05) is 12.9 Å². The molecular formula is C23H44ClNO4. The van der Waals surface area contributed by atoms with Crippen LogP contribution >= 0.6 is 11.6 Å². The zero-order valence-corrected chi connectivity index (χ0v) is 20.0. The Hall–Kier alpha value is -0.970. The van der Waals surface area contributed by atoms with Crippen molar-refractivity contribution in [3.8, 4) is 0 Å². The molecule has 0 aromatic rings. The maximum absolute atomic E-state index is 12.4. The van der Waals surface area contributed by atoms with Crippen LogP contribution in [0.2, 0.25) is 0 Å². The van der Waals surface area contributed by atoms with Crippen molar-refractivity contribution in [3.63, 3.8) is 0 Å². The molecule has 0 aromatic carbocycles. The van der Waals surface area contributed by atoms with E-state index in [1.807, 2.05) is 13.8 Å². The Balaban J connectivity index is 3.91. The number of hydrogen-bond donors (Lipinski definition) is 0. The van der Waals surface area contributed by atoms with Crippen LogP contribution in [0, 0.1) is 5.92 Å². The highest BCUT2D eigenvalue weighted by Gasteiger charge is 2.32. The number of alkyl halides is 1. The standard InChI is InChI=1S/C23H44ClNO4/c1-5-6-7-8-9-10-11-12-13-14-15-18-28-22(26)21(20(2)3)25(4)23(27)29-19-16-17-24/h20-21H,5-19H2,1-4H3. The van der Waals surface area contributed by atoms with E-state index < -0.39 is 12.1 Å². The summed E-state index contributed by atoms with van der Waals surface area (Å²) < 4.78 is 10.6. The van der Waals surface area contributed by atoms with E-state index in [-0.39, 0.29) is 18.5 Å². The minimum Gasteiger partial charge on any atom is -0.464 e. The van der Waals surface area contributed by atoms with E-state index in [9.17, 15) is 9.59 Å². The largest absolute Gasteiger partial charge is 0.464 e. The van der Waals surface area contributed by atoms with Crippen LogP contribution in [0.25, 0.3) is 0 Å². The average Bonchev–Trinajstić information content (AvgIpc) is 2.68. The number of carbonyl (C=O) groups excluding carboxylic acids is 2. The molecule has 1 unspecified atom stereocenters. The molecule has 0 bridgehead atoms. The fraction of sp³-hybridized carbons (Fsp3) is 0.913. The molecule has 0 aromatic heterocycles. The summed E-state index contributed by atoms with van der Waals surface area (Å²) in [6.45, 7) is 6.71. The summed E-state index contributed by atoms with van der Waals surface area (Å²) >= 11 is 5.59. The molecule has 29 heavy (non-hydrogen) atoms. The number of carbonyl (C=O) groups is 2.